The standard InChI is InChI=1S/C33H40N2O3/c1-2-35(33(36)37-25-26-12-6-3-7-13-26)29-18-20-34(21-19-29)24-28-22-31(38-30-16-10-5-11-17-30)23-32(28)27-14-8-4-9-15-27/h3-17,28-29,31-32H,2,18-25H2,1H3/t28-,31?,32-/m1/s1. The summed E-state index contributed by atoms with van der Waals surface area (Å²) in [6.07, 6.45) is 4.14. The number of benzene rings is 3. The average molecular weight is 513 g/mol. The third-order valence-corrected chi connectivity index (χ3v) is 8.20. The fourth-order valence-electron chi connectivity index (χ4n) is 6.26. The van der Waals surface area contributed by atoms with Gasteiger partial charge in [-0.3, -0.25) is 0 Å². The number of carbonyl (C=O) groups is 1. The van der Waals surface area contributed by atoms with Crippen LogP contribution in [0.1, 0.15) is 49.7 Å². The van der Waals surface area contributed by atoms with Crippen molar-refractivity contribution in [2.45, 2.75) is 57.3 Å². The maximum Gasteiger partial charge on any atom is 0.410 e. The maximum absolute atomic E-state index is 12.9. The van der Waals surface area contributed by atoms with E-state index in [1.165, 1.54) is 5.56 Å². The highest BCUT2D eigenvalue weighted by Gasteiger charge is 2.38. The summed E-state index contributed by atoms with van der Waals surface area (Å²) in [4.78, 5) is 17.4. The lowest BCUT2D eigenvalue weighted by atomic mass is 9.88. The van der Waals surface area contributed by atoms with Crippen molar-refractivity contribution >= 4 is 6.09 Å². The number of piperidine rings is 1. The molecule has 1 amide bonds. The second-order valence-corrected chi connectivity index (χ2v) is 10.7. The van der Waals surface area contributed by atoms with Crippen molar-refractivity contribution in [2.24, 2.45) is 5.92 Å². The van der Waals surface area contributed by atoms with Gasteiger partial charge in [0.15, 0.2) is 0 Å². The lowest BCUT2D eigenvalue weighted by Gasteiger charge is -2.39. The number of ether oxygens (including phenoxy) is 2. The Morgan fingerprint density at radius 2 is 1.50 bits per heavy atom. The van der Waals surface area contributed by atoms with Crippen LogP contribution in [0.25, 0.3) is 0 Å². The fourth-order valence-corrected chi connectivity index (χ4v) is 6.26. The van der Waals surface area contributed by atoms with Crippen LogP contribution in [0.4, 0.5) is 4.79 Å². The van der Waals surface area contributed by atoms with Gasteiger partial charge in [-0.1, -0.05) is 78.9 Å². The second-order valence-electron chi connectivity index (χ2n) is 10.7. The second kappa shape index (κ2) is 13.0. The Kier molecular flexibility index (Phi) is 8.98. The molecule has 5 nitrogen and oxygen atoms in total. The van der Waals surface area contributed by atoms with Gasteiger partial charge in [0.25, 0.3) is 0 Å². The van der Waals surface area contributed by atoms with E-state index in [2.05, 4.69) is 47.4 Å². The summed E-state index contributed by atoms with van der Waals surface area (Å²) >= 11 is 0. The van der Waals surface area contributed by atoms with Crippen molar-refractivity contribution < 1.29 is 14.3 Å². The van der Waals surface area contributed by atoms with Gasteiger partial charge in [-0.2, -0.15) is 0 Å². The number of rotatable bonds is 9. The van der Waals surface area contributed by atoms with E-state index in [9.17, 15) is 4.79 Å². The predicted octanol–water partition coefficient (Wildman–Crippen LogP) is 6.75. The molecular formula is C33H40N2O3. The number of hydrogen-bond donors (Lipinski definition) is 0. The zero-order chi connectivity index (χ0) is 26.2. The van der Waals surface area contributed by atoms with Gasteiger partial charge in [0.05, 0.1) is 6.10 Å². The Morgan fingerprint density at radius 1 is 0.868 bits per heavy atom. The van der Waals surface area contributed by atoms with Crippen LogP contribution < -0.4 is 4.74 Å². The van der Waals surface area contributed by atoms with E-state index < -0.39 is 0 Å². The molecule has 1 saturated heterocycles. The summed E-state index contributed by atoms with van der Waals surface area (Å²) in [5.74, 6) is 2.02. The molecule has 1 aliphatic heterocycles. The minimum Gasteiger partial charge on any atom is -0.490 e. The largest absolute Gasteiger partial charge is 0.490 e. The quantitative estimate of drug-likeness (QED) is 0.318. The summed E-state index contributed by atoms with van der Waals surface area (Å²) in [5.41, 5.74) is 2.44. The fraction of sp³-hybridized carbons (Fsp3) is 0.424. The molecule has 3 aromatic rings. The first-order valence-electron chi connectivity index (χ1n) is 14.2. The number of likely N-dealkylation sites (tertiary alicyclic amines) is 1. The van der Waals surface area contributed by atoms with Gasteiger partial charge in [-0.15, -0.1) is 0 Å². The third-order valence-electron chi connectivity index (χ3n) is 8.20. The molecule has 1 unspecified atom stereocenters. The van der Waals surface area contributed by atoms with E-state index in [0.717, 1.165) is 56.6 Å². The van der Waals surface area contributed by atoms with E-state index in [1.807, 2.05) is 60.4 Å². The molecule has 1 saturated carbocycles. The van der Waals surface area contributed by atoms with Crippen LogP contribution in [0.5, 0.6) is 5.75 Å². The summed E-state index contributed by atoms with van der Waals surface area (Å²) in [5, 5.41) is 0. The molecule has 0 radical (unpaired) electrons. The van der Waals surface area contributed by atoms with E-state index in [-0.39, 0.29) is 18.2 Å². The minimum atomic E-state index is -0.198. The molecule has 1 aliphatic carbocycles. The molecule has 0 bridgehead atoms. The van der Waals surface area contributed by atoms with Crippen LogP contribution in [-0.4, -0.2) is 54.2 Å². The van der Waals surface area contributed by atoms with Crippen LogP contribution in [0.2, 0.25) is 0 Å². The molecular weight excluding hydrogens is 472 g/mol. The zero-order valence-electron chi connectivity index (χ0n) is 22.5. The summed E-state index contributed by atoms with van der Waals surface area (Å²) < 4.78 is 12.1. The SMILES string of the molecule is CCN(C(=O)OCc1ccccc1)C1CCN(C[C@H]2CC(Oc3ccccc3)C[C@@H]2c2ccccc2)CC1. The minimum absolute atomic E-state index is 0.198. The third kappa shape index (κ3) is 6.76. The molecule has 0 N–H and O–H groups in total. The van der Waals surface area contributed by atoms with Crippen LogP contribution >= 0.6 is 0 Å². The van der Waals surface area contributed by atoms with E-state index in [0.29, 0.717) is 25.0 Å². The zero-order valence-corrected chi connectivity index (χ0v) is 22.5. The monoisotopic (exact) mass is 512 g/mol. The van der Waals surface area contributed by atoms with Crippen molar-refractivity contribution in [1.29, 1.82) is 0 Å². The summed E-state index contributed by atoms with van der Waals surface area (Å²) in [7, 11) is 0. The van der Waals surface area contributed by atoms with E-state index >= 15 is 0 Å². The molecule has 1 heterocycles. The summed E-state index contributed by atoms with van der Waals surface area (Å²) in [6, 6.07) is 31.3. The molecule has 3 aromatic carbocycles. The Bertz CT molecular complexity index is 1120. The Balaban J connectivity index is 1.16. The van der Waals surface area contributed by atoms with Gasteiger partial charge in [0.1, 0.15) is 12.4 Å². The number of para-hydroxylation sites is 1. The normalized spacial score (nSPS) is 22.2. The molecule has 0 aromatic heterocycles. The Hall–Kier alpha value is -3.31. The molecule has 38 heavy (non-hydrogen) atoms. The van der Waals surface area contributed by atoms with E-state index in [1.54, 1.807) is 0 Å². The highest BCUT2D eigenvalue weighted by molar-refractivity contribution is 5.68. The van der Waals surface area contributed by atoms with Gasteiger partial charge in [0.2, 0.25) is 0 Å². The molecule has 0 spiro atoms. The molecule has 5 rings (SSSR count). The first-order valence-corrected chi connectivity index (χ1v) is 14.2. The van der Waals surface area contributed by atoms with Gasteiger partial charge in [0, 0.05) is 32.2 Å². The Labute approximate surface area is 227 Å². The van der Waals surface area contributed by atoms with Gasteiger partial charge >= 0.3 is 6.09 Å². The lowest BCUT2D eigenvalue weighted by molar-refractivity contribution is 0.0599. The number of hydrogen-bond acceptors (Lipinski definition) is 4. The molecule has 3 atom stereocenters. The van der Waals surface area contributed by atoms with Crippen LogP contribution in [0.3, 0.4) is 0 Å². The smallest absolute Gasteiger partial charge is 0.410 e. The lowest BCUT2D eigenvalue weighted by Crippen LogP contribution is -2.48. The highest BCUT2D eigenvalue weighted by atomic mass is 16.6. The maximum atomic E-state index is 12.9. The van der Waals surface area contributed by atoms with E-state index in [4.69, 9.17) is 9.47 Å². The first-order chi connectivity index (χ1) is 18.7. The molecule has 200 valence electrons. The van der Waals surface area contributed by atoms with Crippen LogP contribution in [0.15, 0.2) is 91.0 Å². The molecule has 5 heteroatoms. The van der Waals surface area contributed by atoms with Crippen molar-refractivity contribution in [2.75, 3.05) is 26.2 Å². The van der Waals surface area contributed by atoms with Gasteiger partial charge in [-0.25, -0.2) is 4.79 Å². The van der Waals surface area contributed by atoms with Gasteiger partial charge < -0.3 is 19.3 Å². The number of carbonyl (C=O) groups excluding carboxylic acids is 1. The average Bonchev–Trinajstić information content (AvgIpc) is 3.36. The van der Waals surface area contributed by atoms with Crippen molar-refractivity contribution in [1.82, 2.24) is 9.80 Å². The highest BCUT2D eigenvalue weighted by Crippen LogP contribution is 2.42. The van der Waals surface area contributed by atoms with Crippen molar-refractivity contribution in [3.05, 3.63) is 102 Å². The topological polar surface area (TPSA) is 42.0 Å². The number of nitrogens with zero attached hydrogens (tertiary/aromatic N) is 2. The molecule has 2 fully saturated rings. The number of amides is 1. The van der Waals surface area contributed by atoms with Crippen LogP contribution in [0, 0.1) is 5.92 Å². The Morgan fingerprint density at radius 3 is 2.16 bits per heavy atom. The van der Waals surface area contributed by atoms with Crippen LogP contribution in [-0.2, 0) is 11.3 Å². The predicted molar refractivity (Wildman–Crippen MR) is 151 cm³/mol. The van der Waals surface area contributed by atoms with Crippen molar-refractivity contribution in [3.8, 4) is 5.75 Å². The van der Waals surface area contributed by atoms with Gasteiger partial charge in [-0.05, 0) is 67.7 Å². The summed E-state index contributed by atoms with van der Waals surface area (Å²) in [6.45, 7) is 6.14. The first kappa shape index (κ1) is 26.3. The molecule has 2 aliphatic rings. The van der Waals surface area contributed by atoms with Crippen molar-refractivity contribution in [3.63, 3.8) is 0 Å².